The van der Waals surface area contributed by atoms with E-state index < -0.39 is 11.1 Å². The SMILES string of the molecule is C[C@H](Sc1ncnc2sc(-c3ccccc3)cc12)C(=O)Nc1ccccc1F. The number of aromatic nitrogens is 2. The van der Waals surface area contributed by atoms with Crippen molar-refractivity contribution in [3.63, 3.8) is 0 Å². The molecule has 2 heterocycles. The molecule has 4 aromatic rings. The predicted octanol–water partition coefficient (Wildman–Crippen LogP) is 5.62. The minimum Gasteiger partial charge on any atom is -0.323 e. The van der Waals surface area contributed by atoms with Crippen molar-refractivity contribution in [2.75, 3.05) is 5.32 Å². The van der Waals surface area contributed by atoms with Crippen LogP contribution in [0.1, 0.15) is 6.92 Å². The Balaban J connectivity index is 1.56. The third kappa shape index (κ3) is 3.90. The molecule has 1 amide bonds. The van der Waals surface area contributed by atoms with Gasteiger partial charge in [0.1, 0.15) is 22.0 Å². The number of carbonyl (C=O) groups is 1. The van der Waals surface area contributed by atoms with Gasteiger partial charge in [-0.15, -0.1) is 11.3 Å². The number of amides is 1. The summed E-state index contributed by atoms with van der Waals surface area (Å²) in [6.07, 6.45) is 1.51. The van der Waals surface area contributed by atoms with E-state index in [1.807, 2.05) is 18.2 Å². The van der Waals surface area contributed by atoms with Crippen molar-refractivity contribution >= 4 is 44.9 Å². The number of thiophene rings is 1. The molecule has 0 aliphatic heterocycles. The van der Waals surface area contributed by atoms with Gasteiger partial charge in [0.15, 0.2) is 0 Å². The summed E-state index contributed by atoms with van der Waals surface area (Å²) < 4.78 is 13.8. The number of nitrogens with one attached hydrogen (secondary N) is 1. The average Bonchev–Trinajstić information content (AvgIpc) is 3.16. The van der Waals surface area contributed by atoms with Crippen LogP contribution in [0.2, 0.25) is 0 Å². The Bertz CT molecular complexity index is 1130. The Kier molecular flexibility index (Phi) is 5.36. The molecule has 0 aliphatic carbocycles. The molecule has 0 saturated carbocycles. The molecule has 0 bridgehead atoms. The summed E-state index contributed by atoms with van der Waals surface area (Å²) in [5, 5.41) is 3.84. The lowest BCUT2D eigenvalue weighted by atomic mass is 10.2. The van der Waals surface area contributed by atoms with Gasteiger partial charge in [-0.3, -0.25) is 4.79 Å². The van der Waals surface area contributed by atoms with Crippen molar-refractivity contribution in [3.05, 3.63) is 72.8 Å². The third-order valence-corrected chi connectivity index (χ3v) is 6.35. The van der Waals surface area contributed by atoms with Crippen molar-refractivity contribution in [2.24, 2.45) is 0 Å². The molecular weight excluding hydrogens is 393 g/mol. The Hall–Kier alpha value is -2.77. The topological polar surface area (TPSA) is 54.9 Å². The van der Waals surface area contributed by atoms with E-state index in [1.165, 1.54) is 24.2 Å². The maximum Gasteiger partial charge on any atom is 0.237 e. The van der Waals surface area contributed by atoms with E-state index in [4.69, 9.17) is 0 Å². The average molecular weight is 410 g/mol. The molecule has 7 heteroatoms. The van der Waals surface area contributed by atoms with Crippen LogP contribution < -0.4 is 5.32 Å². The summed E-state index contributed by atoms with van der Waals surface area (Å²) in [4.78, 5) is 23.2. The van der Waals surface area contributed by atoms with Crippen molar-refractivity contribution in [3.8, 4) is 10.4 Å². The van der Waals surface area contributed by atoms with Gasteiger partial charge < -0.3 is 5.32 Å². The number of rotatable bonds is 5. The Morgan fingerprint density at radius 2 is 1.86 bits per heavy atom. The van der Waals surface area contributed by atoms with Gasteiger partial charge >= 0.3 is 0 Å². The van der Waals surface area contributed by atoms with E-state index in [-0.39, 0.29) is 11.6 Å². The Morgan fingerprint density at radius 3 is 2.64 bits per heavy atom. The number of benzene rings is 2. The fourth-order valence-corrected chi connectivity index (χ4v) is 4.65. The number of hydrogen-bond acceptors (Lipinski definition) is 5. The second kappa shape index (κ2) is 8.08. The Morgan fingerprint density at radius 1 is 1.11 bits per heavy atom. The second-order valence-electron chi connectivity index (χ2n) is 6.10. The number of nitrogens with zero attached hydrogens (tertiary/aromatic N) is 2. The molecule has 0 saturated heterocycles. The maximum atomic E-state index is 13.8. The van der Waals surface area contributed by atoms with Crippen molar-refractivity contribution < 1.29 is 9.18 Å². The number of carbonyl (C=O) groups excluding carboxylic acids is 1. The zero-order valence-corrected chi connectivity index (χ0v) is 16.6. The van der Waals surface area contributed by atoms with Crippen LogP contribution in [-0.2, 0) is 4.79 Å². The molecule has 2 aromatic heterocycles. The summed E-state index contributed by atoms with van der Waals surface area (Å²) >= 11 is 2.93. The van der Waals surface area contributed by atoms with E-state index in [9.17, 15) is 9.18 Å². The van der Waals surface area contributed by atoms with E-state index in [2.05, 4.69) is 33.5 Å². The highest BCUT2D eigenvalue weighted by Gasteiger charge is 2.19. The first kappa shape index (κ1) is 18.6. The van der Waals surface area contributed by atoms with Crippen LogP contribution in [-0.4, -0.2) is 21.1 Å². The Labute approximate surface area is 169 Å². The summed E-state index contributed by atoms with van der Waals surface area (Å²) in [6.45, 7) is 1.78. The quantitative estimate of drug-likeness (QED) is 0.343. The largest absolute Gasteiger partial charge is 0.323 e. The molecule has 4 rings (SSSR count). The zero-order chi connectivity index (χ0) is 19.5. The van der Waals surface area contributed by atoms with E-state index in [0.717, 1.165) is 25.7 Å². The van der Waals surface area contributed by atoms with Crippen LogP contribution in [0.4, 0.5) is 10.1 Å². The van der Waals surface area contributed by atoms with Gasteiger partial charge in [0.25, 0.3) is 0 Å². The van der Waals surface area contributed by atoms with E-state index >= 15 is 0 Å². The maximum absolute atomic E-state index is 13.8. The van der Waals surface area contributed by atoms with Crippen LogP contribution >= 0.6 is 23.1 Å². The van der Waals surface area contributed by atoms with Crippen LogP contribution in [0.25, 0.3) is 20.7 Å². The molecule has 140 valence electrons. The molecule has 4 nitrogen and oxygen atoms in total. The fraction of sp³-hybridized carbons (Fsp3) is 0.0952. The fourth-order valence-electron chi connectivity index (χ4n) is 2.69. The molecule has 0 radical (unpaired) electrons. The highest BCUT2D eigenvalue weighted by atomic mass is 32.2. The number of anilines is 1. The van der Waals surface area contributed by atoms with Crippen LogP contribution in [0.3, 0.4) is 0 Å². The van der Waals surface area contributed by atoms with Gasteiger partial charge in [-0.2, -0.15) is 0 Å². The second-order valence-corrected chi connectivity index (χ2v) is 8.46. The monoisotopic (exact) mass is 409 g/mol. The van der Waals surface area contributed by atoms with Crippen LogP contribution in [0, 0.1) is 5.82 Å². The lowest BCUT2D eigenvalue weighted by molar-refractivity contribution is -0.115. The molecule has 1 N–H and O–H groups in total. The minimum absolute atomic E-state index is 0.176. The number of para-hydroxylation sites is 1. The first-order valence-electron chi connectivity index (χ1n) is 8.64. The lowest BCUT2D eigenvalue weighted by Gasteiger charge is -2.12. The molecule has 1 atom stereocenters. The molecular formula is C21H16FN3OS2. The van der Waals surface area contributed by atoms with Gasteiger partial charge in [0.05, 0.1) is 10.9 Å². The van der Waals surface area contributed by atoms with Crippen molar-refractivity contribution in [1.29, 1.82) is 0 Å². The third-order valence-electron chi connectivity index (χ3n) is 4.14. The number of hydrogen-bond donors (Lipinski definition) is 1. The standard InChI is InChI=1S/C21H16FN3OS2/c1-13(19(26)25-17-10-6-5-9-16(17)22)27-20-15-11-18(14-7-3-2-4-8-14)28-21(15)24-12-23-20/h2-13H,1H3,(H,25,26)/t13-/m0/s1. The van der Waals surface area contributed by atoms with E-state index in [1.54, 1.807) is 36.5 Å². The highest BCUT2D eigenvalue weighted by molar-refractivity contribution is 8.00. The lowest BCUT2D eigenvalue weighted by Crippen LogP contribution is -2.23. The number of halogens is 1. The molecule has 28 heavy (non-hydrogen) atoms. The van der Waals surface area contributed by atoms with Gasteiger partial charge in [-0.25, -0.2) is 14.4 Å². The van der Waals surface area contributed by atoms with Crippen molar-refractivity contribution in [1.82, 2.24) is 9.97 Å². The first-order valence-corrected chi connectivity index (χ1v) is 10.3. The van der Waals surface area contributed by atoms with Gasteiger partial charge in [0.2, 0.25) is 5.91 Å². The molecule has 2 aromatic carbocycles. The minimum atomic E-state index is -0.456. The van der Waals surface area contributed by atoms with Gasteiger partial charge in [0, 0.05) is 10.3 Å². The zero-order valence-electron chi connectivity index (χ0n) is 14.9. The number of thioether (sulfide) groups is 1. The highest BCUT2D eigenvalue weighted by Crippen LogP contribution is 2.37. The summed E-state index contributed by atoms with van der Waals surface area (Å²) in [5.74, 6) is -0.733. The number of fused-ring (bicyclic) bond motifs is 1. The van der Waals surface area contributed by atoms with Gasteiger partial charge in [-0.05, 0) is 30.7 Å². The van der Waals surface area contributed by atoms with E-state index in [0.29, 0.717) is 0 Å². The molecule has 0 aliphatic rings. The normalized spacial score (nSPS) is 12.1. The van der Waals surface area contributed by atoms with Crippen LogP contribution in [0.15, 0.2) is 72.0 Å². The van der Waals surface area contributed by atoms with Crippen molar-refractivity contribution in [2.45, 2.75) is 17.2 Å². The predicted molar refractivity (Wildman–Crippen MR) is 113 cm³/mol. The molecule has 0 unspecified atom stereocenters. The molecule has 0 spiro atoms. The summed E-state index contributed by atoms with van der Waals surface area (Å²) in [6, 6.07) is 18.3. The summed E-state index contributed by atoms with van der Waals surface area (Å²) in [7, 11) is 0. The van der Waals surface area contributed by atoms with Gasteiger partial charge in [-0.1, -0.05) is 54.2 Å². The van der Waals surface area contributed by atoms with Crippen LogP contribution in [0.5, 0.6) is 0 Å². The first-order chi connectivity index (χ1) is 13.6. The molecule has 0 fully saturated rings. The smallest absolute Gasteiger partial charge is 0.237 e. The summed E-state index contributed by atoms with van der Waals surface area (Å²) in [5.41, 5.74) is 1.29.